The molecule has 0 spiro atoms. The van der Waals surface area contributed by atoms with Gasteiger partial charge in [0, 0.05) is 11.8 Å². The molecule has 2 amide bonds. The molecule has 5 nitrogen and oxygen atoms in total. The van der Waals surface area contributed by atoms with Gasteiger partial charge in [-0.3, -0.25) is 0 Å². The van der Waals surface area contributed by atoms with Crippen LogP contribution in [0.4, 0.5) is 19.3 Å². The smallest absolute Gasteiger partial charge is 0.319 e. The van der Waals surface area contributed by atoms with Crippen LogP contribution in [-0.4, -0.2) is 19.2 Å². The molecule has 2 N–H and O–H groups in total. The highest BCUT2D eigenvalue weighted by Crippen LogP contribution is 2.22. The molecule has 0 atom stereocenters. The van der Waals surface area contributed by atoms with E-state index in [0.29, 0.717) is 11.4 Å². The van der Waals surface area contributed by atoms with Gasteiger partial charge in [0.25, 0.3) is 0 Å². The average molecular weight is 384 g/mol. The molecular formula is C21H18F2N2O3. The number of halogens is 2. The maximum atomic E-state index is 13.1. The lowest BCUT2D eigenvalue weighted by molar-refractivity contribution is 0.247. The fourth-order valence-corrected chi connectivity index (χ4v) is 2.31. The summed E-state index contributed by atoms with van der Waals surface area (Å²) < 4.78 is 36.8. The Kier molecular flexibility index (Phi) is 6.41. The Labute approximate surface area is 160 Å². The van der Waals surface area contributed by atoms with Crippen molar-refractivity contribution in [2.45, 2.75) is 0 Å². The zero-order valence-electron chi connectivity index (χ0n) is 14.8. The van der Waals surface area contributed by atoms with Gasteiger partial charge in [-0.05, 0) is 48.5 Å². The number of hydrogen-bond donors (Lipinski definition) is 2. The van der Waals surface area contributed by atoms with Crippen molar-refractivity contribution < 1.29 is 23.0 Å². The molecule has 7 heteroatoms. The van der Waals surface area contributed by atoms with Gasteiger partial charge < -0.3 is 20.1 Å². The number of para-hydroxylation sites is 1. The first-order valence-corrected chi connectivity index (χ1v) is 8.56. The number of ether oxygens (including phenoxy) is 2. The number of hydrogen-bond acceptors (Lipinski definition) is 3. The monoisotopic (exact) mass is 384 g/mol. The van der Waals surface area contributed by atoms with Gasteiger partial charge in [-0.2, -0.15) is 0 Å². The molecule has 0 saturated heterocycles. The number of carbonyl (C=O) groups is 1. The van der Waals surface area contributed by atoms with E-state index in [9.17, 15) is 13.6 Å². The van der Waals surface area contributed by atoms with Crippen LogP contribution >= 0.6 is 0 Å². The van der Waals surface area contributed by atoms with Crippen molar-refractivity contribution in [1.29, 1.82) is 0 Å². The van der Waals surface area contributed by atoms with E-state index in [1.807, 2.05) is 30.3 Å². The molecule has 144 valence electrons. The maximum Gasteiger partial charge on any atom is 0.319 e. The zero-order chi connectivity index (χ0) is 19.8. The fraction of sp³-hybridized carbons (Fsp3) is 0.0952. The molecule has 0 aliphatic carbocycles. The standard InChI is InChI=1S/C21H18F2N2O3/c22-19-11-10-18(14-20(19)23)27-13-12-24-21(26)25-15-6-8-17(9-7-15)28-16-4-2-1-3-5-16/h1-11,14H,12-13H2,(H2,24,25,26). The van der Waals surface area contributed by atoms with Crippen LogP contribution in [0.1, 0.15) is 0 Å². The number of nitrogens with one attached hydrogen (secondary N) is 2. The first kappa shape index (κ1) is 19.2. The molecule has 0 aliphatic heterocycles. The van der Waals surface area contributed by atoms with E-state index in [-0.39, 0.29) is 18.9 Å². The highest BCUT2D eigenvalue weighted by Gasteiger charge is 2.05. The quantitative estimate of drug-likeness (QED) is 0.566. The molecular weight excluding hydrogens is 366 g/mol. The third kappa shape index (κ3) is 5.70. The summed E-state index contributed by atoms with van der Waals surface area (Å²) in [6.07, 6.45) is 0. The maximum absolute atomic E-state index is 13.1. The van der Waals surface area contributed by atoms with Gasteiger partial charge in [0.1, 0.15) is 23.9 Å². The Balaban J connectivity index is 1.40. The van der Waals surface area contributed by atoms with Crippen LogP contribution in [0.2, 0.25) is 0 Å². The predicted octanol–water partition coefficient (Wildman–Crippen LogP) is 4.96. The second-order valence-corrected chi connectivity index (χ2v) is 5.74. The summed E-state index contributed by atoms with van der Waals surface area (Å²) >= 11 is 0. The van der Waals surface area contributed by atoms with Crippen LogP contribution in [-0.2, 0) is 0 Å². The summed E-state index contributed by atoms with van der Waals surface area (Å²) in [6, 6.07) is 19.1. The second kappa shape index (κ2) is 9.36. The number of urea groups is 1. The Morgan fingerprint density at radius 1 is 0.821 bits per heavy atom. The van der Waals surface area contributed by atoms with E-state index >= 15 is 0 Å². The lowest BCUT2D eigenvalue weighted by Gasteiger charge is -2.10. The molecule has 0 aliphatic rings. The molecule has 0 unspecified atom stereocenters. The summed E-state index contributed by atoms with van der Waals surface area (Å²) in [4.78, 5) is 11.9. The molecule has 0 aromatic heterocycles. The topological polar surface area (TPSA) is 59.6 Å². The van der Waals surface area contributed by atoms with Crippen LogP contribution in [0.15, 0.2) is 72.8 Å². The Hall–Kier alpha value is -3.61. The highest BCUT2D eigenvalue weighted by atomic mass is 19.2. The lowest BCUT2D eigenvalue weighted by atomic mass is 10.3. The Morgan fingerprint density at radius 3 is 2.21 bits per heavy atom. The molecule has 3 aromatic carbocycles. The summed E-state index contributed by atoms with van der Waals surface area (Å²) in [7, 11) is 0. The van der Waals surface area contributed by atoms with Crippen molar-refractivity contribution in [3.63, 3.8) is 0 Å². The molecule has 28 heavy (non-hydrogen) atoms. The van der Waals surface area contributed by atoms with E-state index in [1.54, 1.807) is 24.3 Å². The molecule has 0 bridgehead atoms. The summed E-state index contributed by atoms with van der Waals surface area (Å²) in [6.45, 7) is 0.308. The number of rotatable bonds is 7. The SMILES string of the molecule is O=C(NCCOc1ccc(F)c(F)c1)Nc1ccc(Oc2ccccc2)cc1. The van der Waals surface area contributed by atoms with Gasteiger partial charge >= 0.3 is 6.03 Å². The van der Waals surface area contributed by atoms with Crippen LogP contribution in [0.3, 0.4) is 0 Å². The normalized spacial score (nSPS) is 10.2. The summed E-state index contributed by atoms with van der Waals surface area (Å²) in [5.74, 6) is -0.359. The molecule has 0 fully saturated rings. The van der Waals surface area contributed by atoms with Crippen molar-refractivity contribution in [2.24, 2.45) is 0 Å². The van der Waals surface area contributed by atoms with Crippen molar-refractivity contribution in [3.8, 4) is 17.2 Å². The average Bonchev–Trinajstić information content (AvgIpc) is 2.70. The minimum Gasteiger partial charge on any atom is -0.492 e. The van der Waals surface area contributed by atoms with E-state index < -0.39 is 17.7 Å². The zero-order valence-corrected chi connectivity index (χ0v) is 14.8. The first-order valence-electron chi connectivity index (χ1n) is 8.56. The minimum atomic E-state index is -0.983. The number of amides is 2. The van der Waals surface area contributed by atoms with E-state index in [2.05, 4.69) is 10.6 Å². The van der Waals surface area contributed by atoms with Gasteiger partial charge in [0.2, 0.25) is 0 Å². The predicted molar refractivity (Wildman–Crippen MR) is 102 cm³/mol. The fourth-order valence-electron chi connectivity index (χ4n) is 2.31. The third-order valence-corrected chi connectivity index (χ3v) is 3.64. The molecule has 3 rings (SSSR count). The third-order valence-electron chi connectivity index (χ3n) is 3.64. The molecule has 3 aromatic rings. The largest absolute Gasteiger partial charge is 0.492 e. The van der Waals surface area contributed by atoms with Crippen LogP contribution in [0, 0.1) is 11.6 Å². The molecule has 0 saturated carbocycles. The van der Waals surface area contributed by atoms with Gasteiger partial charge in [-0.1, -0.05) is 18.2 Å². The van der Waals surface area contributed by atoms with E-state index in [4.69, 9.17) is 9.47 Å². The number of anilines is 1. The highest BCUT2D eigenvalue weighted by molar-refractivity contribution is 5.89. The molecule has 0 heterocycles. The van der Waals surface area contributed by atoms with Crippen molar-refractivity contribution >= 4 is 11.7 Å². The Bertz CT molecular complexity index is 919. The van der Waals surface area contributed by atoms with Crippen LogP contribution < -0.4 is 20.1 Å². The Morgan fingerprint density at radius 2 is 1.50 bits per heavy atom. The van der Waals surface area contributed by atoms with E-state index in [0.717, 1.165) is 17.9 Å². The van der Waals surface area contributed by atoms with Gasteiger partial charge in [0.05, 0.1) is 6.54 Å². The van der Waals surface area contributed by atoms with Crippen LogP contribution in [0.5, 0.6) is 17.2 Å². The van der Waals surface area contributed by atoms with Crippen LogP contribution in [0.25, 0.3) is 0 Å². The summed E-state index contributed by atoms with van der Waals surface area (Å²) in [5.41, 5.74) is 0.597. The van der Waals surface area contributed by atoms with Gasteiger partial charge in [-0.15, -0.1) is 0 Å². The van der Waals surface area contributed by atoms with Crippen molar-refractivity contribution in [3.05, 3.63) is 84.4 Å². The van der Waals surface area contributed by atoms with Crippen molar-refractivity contribution in [2.75, 3.05) is 18.5 Å². The number of benzene rings is 3. The second-order valence-electron chi connectivity index (χ2n) is 5.74. The lowest BCUT2D eigenvalue weighted by Crippen LogP contribution is -2.32. The minimum absolute atomic E-state index is 0.113. The number of carbonyl (C=O) groups excluding carboxylic acids is 1. The van der Waals surface area contributed by atoms with Crippen molar-refractivity contribution in [1.82, 2.24) is 5.32 Å². The van der Waals surface area contributed by atoms with Gasteiger partial charge in [0.15, 0.2) is 11.6 Å². The first-order chi connectivity index (χ1) is 13.6. The van der Waals surface area contributed by atoms with E-state index in [1.165, 1.54) is 6.07 Å². The molecule has 0 radical (unpaired) electrons. The summed E-state index contributed by atoms with van der Waals surface area (Å²) in [5, 5.41) is 5.29. The van der Waals surface area contributed by atoms with Gasteiger partial charge in [-0.25, -0.2) is 13.6 Å².